The third-order valence-corrected chi connectivity index (χ3v) is 3.72. The maximum absolute atomic E-state index is 6.21. The van der Waals surface area contributed by atoms with Gasteiger partial charge in [0.05, 0.1) is 7.11 Å². The summed E-state index contributed by atoms with van der Waals surface area (Å²) in [6.45, 7) is 12.1. The molecule has 0 aliphatic heterocycles. The Labute approximate surface area is 133 Å². The summed E-state index contributed by atoms with van der Waals surface area (Å²) in [6.07, 6.45) is 2.71. The van der Waals surface area contributed by atoms with E-state index in [2.05, 4.69) is 32.6 Å². The van der Waals surface area contributed by atoms with Crippen molar-refractivity contribution in [1.29, 1.82) is 0 Å². The number of hydrogen-bond donors (Lipinski definition) is 0. The van der Waals surface area contributed by atoms with Crippen LogP contribution in [0.4, 0.5) is 0 Å². The van der Waals surface area contributed by atoms with E-state index in [4.69, 9.17) is 9.47 Å². The molecular weight excluding hydrogens is 272 g/mol. The molecule has 0 aromatic heterocycles. The van der Waals surface area contributed by atoms with E-state index >= 15 is 0 Å². The lowest BCUT2D eigenvalue weighted by Crippen LogP contribution is -1.97. The van der Waals surface area contributed by atoms with E-state index in [1.54, 1.807) is 7.11 Å². The fourth-order valence-electron chi connectivity index (χ4n) is 2.90. The van der Waals surface area contributed by atoms with E-state index in [0.29, 0.717) is 0 Å². The molecule has 0 aliphatic rings. The van der Waals surface area contributed by atoms with Crippen molar-refractivity contribution in [3.05, 3.63) is 64.7 Å². The van der Waals surface area contributed by atoms with Crippen LogP contribution in [0.15, 0.2) is 36.9 Å². The monoisotopic (exact) mass is 296 g/mol. The summed E-state index contributed by atoms with van der Waals surface area (Å²) in [5.41, 5.74) is 5.70. The van der Waals surface area contributed by atoms with Crippen LogP contribution < -0.4 is 9.47 Å². The highest BCUT2D eigenvalue weighted by Gasteiger charge is 2.11. The van der Waals surface area contributed by atoms with Gasteiger partial charge in [-0.05, 0) is 68.5 Å². The maximum atomic E-state index is 6.21. The summed E-state index contributed by atoms with van der Waals surface area (Å²) in [5.74, 6) is 2.68. The number of rotatable bonds is 5. The minimum atomic E-state index is 0.798. The zero-order valence-corrected chi connectivity index (χ0v) is 14.1. The molecule has 2 rings (SSSR count). The fourth-order valence-corrected chi connectivity index (χ4v) is 2.90. The van der Waals surface area contributed by atoms with Crippen molar-refractivity contribution < 1.29 is 9.47 Å². The number of allylic oxidation sites excluding steroid dienone is 1. The van der Waals surface area contributed by atoms with Gasteiger partial charge in [-0.1, -0.05) is 23.8 Å². The number of ether oxygens (including phenoxy) is 2. The van der Waals surface area contributed by atoms with Crippen molar-refractivity contribution in [3.8, 4) is 17.2 Å². The van der Waals surface area contributed by atoms with E-state index in [0.717, 1.165) is 40.4 Å². The Bertz CT molecular complexity index is 676. The smallest absolute Gasteiger partial charge is 0.133 e. The van der Waals surface area contributed by atoms with Crippen LogP contribution in [0.2, 0.25) is 0 Å². The first-order chi connectivity index (χ1) is 10.5. The van der Waals surface area contributed by atoms with Crippen molar-refractivity contribution in [2.75, 3.05) is 7.11 Å². The van der Waals surface area contributed by atoms with Gasteiger partial charge in [0.1, 0.15) is 17.2 Å². The van der Waals surface area contributed by atoms with Gasteiger partial charge in [0.15, 0.2) is 0 Å². The molecule has 2 aromatic carbocycles. The average molecular weight is 296 g/mol. The van der Waals surface area contributed by atoms with E-state index < -0.39 is 0 Å². The Morgan fingerprint density at radius 1 is 0.909 bits per heavy atom. The Hall–Kier alpha value is -2.22. The molecule has 0 amide bonds. The summed E-state index contributed by atoms with van der Waals surface area (Å²) < 4.78 is 11.6. The fraction of sp³-hybridized carbons (Fsp3) is 0.300. The molecule has 0 spiro atoms. The second kappa shape index (κ2) is 6.69. The Kier molecular flexibility index (Phi) is 4.92. The van der Waals surface area contributed by atoms with Gasteiger partial charge in [-0.15, -0.1) is 6.58 Å². The van der Waals surface area contributed by atoms with Crippen LogP contribution in [0.25, 0.3) is 0 Å². The number of hydrogen-bond acceptors (Lipinski definition) is 2. The van der Waals surface area contributed by atoms with Crippen LogP contribution in [0.1, 0.15) is 27.8 Å². The SMILES string of the molecule is C=CCc1cc(C)cc(C)c1Oc1cc(C)c(OC)c(C)c1. The molecule has 0 atom stereocenters. The lowest BCUT2D eigenvalue weighted by atomic mass is 10.0. The summed E-state index contributed by atoms with van der Waals surface area (Å²) in [5, 5.41) is 0. The van der Waals surface area contributed by atoms with Gasteiger partial charge in [-0.25, -0.2) is 0 Å². The highest BCUT2D eigenvalue weighted by Crippen LogP contribution is 2.34. The van der Waals surface area contributed by atoms with Crippen LogP contribution in [-0.4, -0.2) is 7.11 Å². The van der Waals surface area contributed by atoms with Crippen molar-refractivity contribution in [2.24, 2.45) is 0 Å². The molecular formula is C20H24O2. The normalized spacial score (nSPS) is 10.4. The molecule has 2 heteroatoms. The van der Waals surface area contributed by atoms with Crippen LogP contribution in [0.5, 0.6) is 17.2 Å². The molecule has 0 unspecified atom stereocenters. The molecule has 22 heavy (non-hydrogen) atoms. The van der Waals surface area contributed by atoms with Gasteiger partial charge >= 0.3 is 0 Å². The average Bonchev–Trinajstić information content (AvgIpc) is 2.42. The van der Waals surface area contributed by atoms with Crippen molar-refractivity contribution >= 4 is 0 Å². The van der Waals surface area contributed by atoms with Crippen LogP contribution in [-0.2, 0) is 6.42 Å². The number of methoxy groups -OCH3 is 1. The molecule has 0 saturated heterocycles. The Morgan fingerprint density at radius 3 is 2.05 bits per heavy atom. The molecule has 0 heterocycles. The van der Waals surface area contributed by atoms with Crippen LogP contribution in [0, 0.1) is 27.7 Å². The van der Waals surface area contributed by atoms with Crippen molar-refractivity contribution in [2.45, 2.75) is 34.1 Å². The minimum absolute atomic E-state index is 0.798. The molecule has 2 nitrogen and oxygen atoms in total. The Morgan fingerprint density at radius 2 is 1.50 bits per heavy atom. The van der Waals surface area contributed by atoms with E-state index in [1.807, 2.05) is 32.1 Å². The number of benzene rings is 2. The van der Waals surface area contributed by atoms with Crippen molar-refractivity contribution in [1.82, 2.24) is 0 Å². The van der Waals surface area contributed by atoms with Gasteiger partial charge in [-0.3, -0.25) is 0 Å². The summed E-state index contributed by atoms with van der Waals surface area (Å²) in [4.78, 5) is 0. The predicted molar refractivity (Wildman–Crippen MR) is 92.4 cm³/mol. The molecule has 0 radical (unpaired) electrons. The highest BCUT2D eigenvalue weighted by atomic mass is 16.5. The zero-order chi connectivity index (χ0) is 16.3. The summed E-state index contributed by atoms with van der Waals surface area (Å²) in [6, 6.07) is 8.34. The molecule has 0 bridgehead atoms. The van der Waals surface area contributed by atoms with Gasteiger partial charge in [-0.2, -0.15) is 0 Å². The third-order valence-electron chi connectivity index (χ3n) is 3.72. The minimum Gasteiger partial charge on any atom is -0.496 e. The molecule has 0 N–H and O–H groups in total. The van der Waals surface area contributed by atoms with Gasteiger partial charge in [0, 0.05) is 0 Å². The second-order valence-corrected chi connectivity index (χ2v) is 5.76. The molecule has 0 saturated carbocycles. The number of aryl methyl sites for hydroxylation is 4. The molecule has 0 fully saturated rings. The lowest BCUT2D eigenvalue weighted by molar-refractivity contribution is 0.406. The topological polar surface area (TPSA) is 18.5 Å². The summed E-state index contributed by atoms with van der Waals surface area (Å²) in [7, 11) is 1.70. The van der Waals surface area contributed by atoms with E-state index in [1.165, 1.54) is 11.1 Å². The van der Waals surface area contributed by atoms with Gasteiger partial charge in [0.25, 0.3) is 0 Å². The quantitative estimate of drug-likeness (QED) is 0.683. The van der Waals surface area contributed by atoms with Crippen molar-refractivity contribution in [3.63, 3.8) is 0 Å². The standard InChI is InChI=1S/C20H24O2/c1-7-8-17-10-13(2)9-14(3)20(17)22-18-11-15(4)19(21-6)16(5)12-18/h7,9-12H,1,8H2,2-6H3. The lowest BCUT2D eigenvalue weighted by Gasteiger charge is -2.16. The van der Waals surface area contributed by atoms with E-state index in [9.17, 15) is 0 Å². The molecule has 116 valence electrons. The van der Waals surface area contributed by atoms with Crippen LogP contribution in [0.3, 0.4) is 0 Å². The third kappa shape index (κ3) is 3.33. The summed E-state index contributed by atoms with van der Waals surface area (Å²) >= 11 is 0. The maximum Gasteiger partial charge on any atom is 0.133 e. The van der Waals surface area contributed by atoms with Gasteiger partial charge < -0.3 is 9.47 Å². The second-order valence-electron chi connectivity index (χ2n) is 5.76. The van der Waals surface area contributed by atoms with Crippen LogP contribution >= 0.6 is 0 Å². The molecule has 0 aliphatic carbocycles. The van der Waals surface area contributed by atoms with Gasteiger partial charge in [0.2, 0.25) is 0 Å². The predicted octanol–water partition coefficient (Wildman–Crippen LogP) is 5.45. The molecule has 2 aromatic rings. The zero-order valence-electron chi connectivity index (χ0n) is 14.1. The highest BCUT2D eigenvalue weighted by molar-refractivity contribution is 5.50. The first-order valence-corrected chi connectivity index (χ1v) is 7.50. The first-order valence-electron chi connectivity index (χ1n) is 7.50. The Balaban J connectivity index is 2.45. The van der Waals surface area contributed by atoms with E-state index in [-0.39, 0.29) is 0 Å². The first kappa shape index (κ1) is 16.2. The largest absolute Gasteiger partial charge is 0.496 e.